The number of para-hydroxylation sites is 2. The van der Waals surface area contributed by atoms with Crippen LogP contribution in [0.3, 0.4) is 0 Å². The van der Waals surface area contributed by atoms with Crippen molar-refractivity contribution >= 4 is 6.08 Å². The zero-order valence-corrected chi connectivity index (χ0v) is 9.54. The molecule has 2 rings (SSSR count). The molecule has 3 nitrogen and oxygen atoms in total. The summed E-state index contributed by atoms with van der Waals surface area (Å²) < 4.78 is 11.0. The molecule has 0 aliphatic carbocycles. The average molecular weight is 227 g/mol. The molecule has 2 aromatic carbocycles. The van der Waals surface area contributed by atoms with Crippen LogP contribution in [0.25, 0.3) is 0 Å². The standard InChI is InChI=1S/C14H13NO2/c1-15-14(16-12-8-4-2-5-9-12)17-13-10-6-3-7-11-13/h2-11H,1H3. The smallest absolute Gasteiger partial charge is 0.394 e. The fraction of sp³-hybridized carbons (Fsp3) is 0.0714. The van der Waals surface area contributed by atoms with E-state index in [2.05, 4.69) is 4.99 Å². The molecule has 86 valence electrons. The second-order valence-corrected chi connectivity index (χ2v) is 3.32. The Kier molecular flexibility index (Phi) is 3.76. The highest BCUT2D eigenvalue weighted by atomic mass is 16.7. The van der Waals surface area contributed by atoms with Gasteiger partial charge >= 0.3 is 6.08 Å². The Balaban J connectivity index is 2.04. The first-order chi connectivity index (χ1) is 8.38. The number of ether oxygens (including phenoxy) is 2. The Labute approximate surface area is 100 Å². The van der Waals surface area contributed by atoms with Gasteiger partial charge in [-0.25, -0.2) is 4.99 Å². The van der Waals surface area contributed by atoms with E-state index in [9.17, 15) is 0 Å². The van der Waals surface area contributed by atoms with Crippen LogP contribution < -0.4 is 9.47 Å². The number of rotatable bonds is 2. The van der Waals surface area contributed by atoms with Gasteiger partial charge in [-0.1, -0.05) is 36.4 Å². The number of nitrogens with zero attached hydrogens (tertiary/aromatic N) is 1. The van der Waals surface area contributed by atoms with E-state index < -0.39 is 0 Å². The molecule has 0 aromatic heterocycles. The molecule has 0 unspecified atom stereocenters. The molecule has 0 amide bonds. The normalized spacial score (nSPS) is 9.47. The summed E-state index contributed by atoms with van der Waals surface area (Å²) in [5.41, 5.74) is 0. The molecule has 0 saturated heterocycles. The van der Waals surface area contributed by atoms with Crippen LogP contribution in [0.2, 0.25) is 0 Å². The molecular weight excluding hydrogens is 214 g/mol. The molecule has 17 heavy (non-hydrogen) atoms. The van der Waals surface area contributed by atoms with Crippen molar-refractivity contribution in [2.24, 2.45) is 4.99 Å². The van der Waals surface area contributed by atoms with Gasteiger partial charge in [-0.2, -0.15) is 0 Å². The van der Waals surface area contributed by atoms with E-state index in [1.165, 1.54) is 0 Å². The molecule has 0 spiro atoms. The van der Waals surface area contributed by atoms with E-state index >= 15 is 0 Å². The topological polar surface area (TPSA) is 30.8 Å². The fourth-order valence-corrected chi connectivity index (χ4v) is 1.29. The van der Waals surface area contributed by atoms with Crippen molar-refractivity contribution in [3.05, 3.63) is 60.7 Å². The van der Waals surface area contributed by atoms with Crippen LogP contribution in [0, 0.1) is 0 Å². The van der Waals surface area contributed by atoms with Crippen molar-refractivity contribution in [2.45, 2.75) is 0 Å². The lowest BCUT2D eigenvalue weighted by atomic mass is 10.3. The maximum absolute atomic E-state index is 5.50. The van der Waals surface area contributed by atoms with Gasteiger partial charge in [0.05, 0.1) is 0 Å². The van der Waals surface area contributed by atoms with Gasteiger partial charge in [0.15, 0.2) is 0 Å². The largest absolute Gasteiger partial charge is 0.411 e. The van der Waals surface area contributed by atoms with Crippen molar-refractivity contribution < 1.29 is 9.47 Å². The summed E-state index contributed by atoms with van der Waals surface area (Å²) in [4.78, 5) is 3.95. The summed E-state index contributed by atoms with van der Waals surface area (Å²) in [6.45, 7) is 0. The Morgan fingerprint density at radius 1 is 0.765 bits per heavy atom. The molecular formula is C14H13NO2. The van der Waals surface area contributed by atoms with Crippen LogP contribution in [-0.2, 0) is 0 Å². The Morgan fingerprint density at radius 3 is 1.53 bits per heavy atom. The van der Waals surface area contributed by atoms with Crippen LogP contribution in [-0.4, -0.2) is 13.1 Å². The van der Waals surface area contributed by atoms with Crippen LogP contribution in [0.1, 0.15) is 0 Å². The minimum atomic E-state index is 0.224. The van der Waals surface area contributed by atoms with Gasteiger partial charge in [0.25, 0.3) is 0 Å². The number of benzene rings is 2. The molecule has 0 heterocycles. The van der Waals surface area contributed by atoms with Crippen LogP contribution in [0.4, 0.5) is 0 Å². The highest BCUT2D eigenvalue weighted by molar-refractivity contribution is 5.72. The summed E-state index contributed by atoms with van der Waals surface area (Å²) in [6.07, 6.45) is 0.224. The van der Waals surface area contributed by atoms with E-state index in [1.54, 1.807) is 7.05 Å². The Hall–Kier alpha value is -2.29. The zero-order valence-electron chi connectivity index (χ0n) is 9.54. The molecule has 0 bridgehead atoms. The molecule has 0 aliphatic heterocycles. The van der Waals surface area contributed by atoms with Crippen molar-refractivity contribution in [1.29, 1.82) is 0 Å². The van der Waals surface area contributed by atoms with Gasteiger partial charge in [-0.05, 0) is 24.3 Å². The number of hydrogen-bond acceptors (Lipinski definition) is 3. The maximum Gasteiger partial charge on any atom is 0.394 e. The van der Waals surface area contributed by atoms with Gasteiger partial charge in [0, 0.05) is 7.05 Å². The van der Waals surface area contributed by atoms with E-state index in [1.807, 2.05) is 60.7 Å². The molecule has 0 atom stereocenters. The van der Waals surface area contributed by atoms with Crippen molar-refractivity contribution in [3.8, 4) is 11.5 Å². The van der Waals surface area contributed by atoms with E-state index in [-0.39, 0.29) is 6.08 Å². The van der Waals surface area contributed by atoms with E-state index in [0.717, 1.165) is 0 Å². The third-order valence-electron chi connectivity index (χ3n) is 2.08. The van der Waals surface area contributed by atoms with Crippen LogP contribution in [0.15, 0.2) is 65.7 Å². The molecule has 0 fully saturated rings. The van der Waals surface area contributed by atoms with Gasteiger partial charge in [0.2, 0.25) is 0 Å². The van der Waals surface area contributed by atoms with Crippen molar-refractivity contribution in [1.82, 2.24) is 0 Å². The quantitative estimate of drug-likeness (QED) is 0.583. The summed E-state index contributed by atoms with van der Waals surface area (Å²) in [7, 11) is 1.63. The number of hydrogen-bond donors (Lipinski definition) is 0. The highest BCUT2D eigenvalue weighted by Crippen LogP contribution is 2.13. The predicted octanol–water partition coefficient (Wildman–Crippen LogP) is 3.13. The fourth-order valence-electron chi connectivity index (χ4n) is 1.29. The second kappa shape index (κ2) is 5.70. The lowest BCUT2D eigenvalue weighted by Gasteiger charge is -2.08. The lowest BCUT2D eigenvalue weighted by molar-refractivity contribution is 0.384. The molecule has 0 saturated carbocycles. The summed E-state index contributed by atoms with van der Waals surface area (Å²) in [5.74, 6) is 1.40. The van der Waals surface area contributed by atoms with Crippen LogP contribution >= 0.6 is 0 Å². The highest BCUT2D eigenvalue weighted by Gasteiger charge is 2.04. The first-order valence-corrected chi connectivity index (χ1v) is 5.31. The third-order valence-corrected chi connectivity index (χ3v) is 2.08. The van der Waals surface area contributed by atoms with Gasteiger partial charge < -0.3 is 9.47 Å². The summed E-state index contributed by atoms with van der Waals surface area (Å²) in [6, 6.07) is 18.8. The van der Waals surface area contributed by atoms with E-state index in [0.29, 0.717) is 11.5 Å². The Bertz CT molecular complexity index is 437. The molecule has 0 aliphatic rings. The average Bonchev–Trinajstić information content (AvgIpc) is 2.40. The molecule has 3 heteroatoms. The molecule has 0 N–H and O–H groups in total. The summed E-state index contributed by atoms with van der Waals surface area (Å²) in [5, 5.41) is 0. The summed E-state index contributed by atoms with van der Waals surface area (Å²) >= 11 is 0. The first-order valence-electron chi connectivity index (χ1n) is 5.31. The Morgan fingerprint density at radius 2 is 1.18 bits per heavy atom. The van der Waals surface area contributed by atoms with Crippen molar-refractivity contribution in [2.75, 3.05) is 7.05 Å². The second-order valence-electron chi connectivity index (χ2n) is 3.32. The molecule has 0 radical (unpaired) electrons. The zero-order chi connectivity index (χ0) is 11.9. The monoisotopic (exact) mass is 227 g/mol. The third kappa shape index (κ3) is 3.34. The van der Waals surface area contributed by atoms with Gasteiger partial charge in [-0.3, -0.25) is 0 Å². The van der Waals surface area contributed by atoms with E-state index in [4.69, 9.17) is 9.47 Å². The minimum Gasteiger partial charge on any atom is -0.411 e. The predicted molar refractivity (Wildman–Crippen MR) is 67.5 cm³/mol. The maximum atomic E-state index is 5.50. The van der Waals surface area contributed by atoms with Crippen LogP contribution in [0.5, 0.6) is 11.5 Å². The van der Waals surface area contributed by atoms with Crippen molar-refractivity contribution in [3.63, 3.8) is 0 Å². The molecule has 2 aromatic rings. The number of aliphatic imine (C=N–C) groups is 1. The minimum absolute atomic E-state index is 0.224. The van der Waals surface area contributed by atoms with Gasteiger partial charge in [0.1, 0.15) is 11.5 Å². The van der Waals surface area contributed by atoms with Gasteiger partial charge in [-0.15, -0.1) is 0 Å². The lowest BCUT2D eigenvalue weighted by Crippen LogP contribution is -2.16. The first kappa shape index (κ1) is 11.2. The SMILES string of the molecule is CN=C(Oc1ccccc1)Oc1ccccc1.